The van der Waals surface area contributed by atoms with Crippen molar-refractivity contribution in [2.75, 3.05) is 211 Å². The van der Waals surface area contributed by atoms with E-state index in [9.17, 15) is 0 Å². The fourth-order valence-corrected chi connectivity index (χ4v) is 12.8. The Bertz CT molecular complexity index is 1500. The Kier molecular flexibility index (Phi) is 34.2. The first-order valence-electron chi connectivity index (χ1n) is 34.6. The summed E-state index contributed by atoms with van der Waals surface area (Å²) >= 11 is 0. The molecule has 7 saturated heterocycles. The zero-order valence-electron chi connectivity index (χ0n) is 60.2. The molecule has 0 saturated carbocycles. The Hall–Kier alpha value is -0.560. The van der Waals surface area contributed by atoms with Gasteiger partial charge in [-0.25, -0.2) is 34.3 Å². The fraction of sp³-hybridized carbons (Fsp3) is 1.00. The van der Waals surface area contributed by atoms with Crippen LogP contribution < -0.4 is 0 Å². The molecule has 0 radical (unpaired) electrons. The molecule has 7 aliphatic heterocycles. The Labute approximate surface area is 504 Å². The Balaban J connectivity index is 0.000000467. The third-order valence-corrected chi connectivity index (χ3v) is 21.8. The minimum Gasteiger partial charge on any atom is -0.299 e. The molecule has 7 aliphatic rings. The van der Waals surface area contributed by atoms with E-state index in [1.165, 1.54) is 262 Å². The summed E-state index contributed by atoms with van der Waals surface area (Å²) in [5, 5.41) is 0. The molecule has 0 spiro atoms. The summed E-state index contributed by atoms with van der Waals surface area (Å²) in [6.07, 6.45) is 3.85. The normalized spacial score (nSPS) is 23.4. The lowest BCUT2D eigenvalue weighted by Gasteiger charge is -2.56. The van der Waals surface area contributed by atoms with E-state index < -0.39 is 0 Å². The lowest BCUT2D eigenvalue weighted by Crippen LogP contribution is -2.73. The van der Waals surface area contributed by atoms with Gasteiger partial charge in [-0.15, -0.1) is 0 Å². The second-order valence-electron chi connectivity index (χ2n) is 28.9. The van der Waals surface area contributed by atoms with E-state index in [2.05, 4.69) is 221 Å². The summed E-state index contributed by atoms with van der Waals surface area (Å²) in [7, 11) is 0. The van der Waals surface area contributed by atoms with Gasteiger partial charge in [0.2, 0.25) is 0 Å². The van der Waals surface area contributed by atoms with Crippen LogP contribution in [0.1, 0.15) is 206 Å². The van der Waals surface area contributed by atoms with Crippen molar-refractivity contribution in [2.45, 2.75) is 223 Å². The van der Waals surface area contributed by atoms with Crippen LogP contribution in [0.15, 0.2) is 0 Å². The van der Waals surface area contributed by atoms with Crippen LogP contribution in [0.3, 0.4) is 0 Å². The SMILES string of the molecule is CCC(C)(C)N1C[N+](CC)(CC)C1.CCCN1C[N+](CC)(CC)C1.CCCN1C[N+](CC)(CC)C1.CCN1C[N+](CC)(CC)C1.CC[N+]1(CC)CN(C(C)(C)C)C1.CC[N+]1(CC)CN(C(C)C)C1.CC[N+]1(CC)CN(CC(C)C)C1. The topological polar surface area (TPSA) is 22.7 Å². The molecule has 14 heteroatoms. The predicted molar refractivity (Wildman–Crippen MR) is 350 cm³/mol. The quantitative estimate of drug-likeness (QED) is 0.0888. The Morgan fingerprint density at radius 2 is 0.562 bits per heavy atom. The molecule has 0 aromatic rings. The van der Waals surface area contributed by atoms with Crippen LogP contribution in [0.25, 0.3) is 0 Å². The fourth-order valence-electron chi connectivity index (χ4n) is 12.8. The zero-order chi connectivity index (χ0) is 61.4. The highest BCUT2D eigenvalue weighted by atomic mass is 15.6. The molecule has 0 bridgehead atoms. The van der Waals surface area contributed by atoms with E-state index in [4.69, 9.17) is 0 Å². The van der Waals surface area contributed by atoms with E-state index in [0.717, 1.165) is 12.0 Å². The highest BCUT2D eigenvalue weighted by Gasteiger charge is 2.47. The summed E-state index contributed by atoms with van der Waals surface area (Å²) in [4.78, 5) is 17.9. The lowest BCUT2D eigenvalue weighted by molar-refractivity contribution is -0.995. The van der Waals surface area contributed by atoms with Crippen molar-refractivity contribution in [2.24, 2.45) is 5.92 Å². The summed E-state index contributed by atoms with van der Waals surface area (Å²) in [5.74, 6) is 0.820. The molecular weight excluding hydrogens is 989 g/mol. The van der Waals surface area contributed by atoms with Crippen LogP contribution in [-0.2, 0) is 0 Å². The maximum atomic E-state index is 2.61. The molecule has 14 nitrogen and oxygen atoms in total. The number of nitrogens with zero attached hydrogens (tertiary/aromatic N) is 14. The standard InChI is InChI=1S/C11H25N2.2C10H23N2.3C9H21N2.C8H19N2/c1-6-11(4,5)12-9-13(7-2,8-3)10-12;1-6-12(7-2)8-11(9-12)10(3,4)5;1-5-12(6-2)8-11(9-12)7-10(3)4;1-5-11(6-2)7-10(8-11)9(3)4;2*1-4-7-10-8-11(5-2,6-3)9-10;1-4-9-7-10(5-2,6-3)8-9/h6-10H2,1-5H3;6-9H2,1-5H3;10H,5-9H2,1-4H3;9H,5-8H2,1-4H3;2*4-9H2,1-3H3;4-8H2,1-3H3/q7*+1. The summed E-state index contributed by atoms with van der Waals surface area (Å²) in [6.45, 7) is 103. The van der Waals surface area contributed by atoms with Gasteiger partial charge in [0.15, 0.2) is 0 Å². The zero-order valence-corrected chi connectivity index (χ0v) is 60.2. The van der Waals surface area contributed by atoms with Crippen molar-refractivity contribution in [3.63, 3.8) is 0 Å². The van der Waals surface area contributed by atoms with Gasteiger partial charge in [0.1, 0.15) is 93.4 Å². The van der Waals surface area contributed by atoms with Gasteiger partial charge in [-0.2, -0.15) is 0 Å². The van der Waals surface area contributed by atoms with E-state index in [1.54, 1.807) is 0 Å². The van der Waals surface area contributed by atoms with E-state index in [-0.39, 0.29) is 0 Å². The maximum Gasteiger partial charge on any atom is 0.140 e. The maximum absolute atomic E-state index is 2.61. The molecule has 480 valence electrons. The number of rotatable bonds is 24. The predicted octanol–water partition coefficient (Wildman–Crippen LogP) is 11.4. The van der Waals surface area contributed by atoms with Crippen LogP contribution in [0.2, 0.25) is 0 Å². The van der Waals surface area contributed by atoms with Gasteiger partial charge >= 0.3 is 0 Å². The monoisotopic (exact) mass is 1140 g/mol. The Morgan fingerprint density at radius 3 is 0.787 bits per heavy atom. The molecule has 0 amide bonds. The molecule has 0 atom stereocenters. The van der Waals surface area contributed by atoms with Gasteiger partial charge in [0, 0.05) is 43.3 Å². The second kappa shape index (κ2) is 35.3. The van der Waals surface area contributed by atoms with Crippen LogP contribution in [0.5, 0.6) is 0 Å². The molecule has 0 aromatic carbocycles. The second-order valence-corrected chi connectivity index (χ2v) is 28.9. The van der Waals surface area contributed by atoms with Gasteiger partial charge < -0.3 is 0 Å². The molecule has 0 unspecified atom stereocenters. The van der Waals surface area contributed by atoms with E-state index >= 15 is 0 Å². The van der Waals surface area contributed by atoms with E-state index in [1.807, 2.05) is 0 Å². The van der Waals surface area contributed by atoms with Gasteiger partial charge in [-0.1, -0.05) is 41.5 Å². The van der Waals surface area contributed by atoms with Crippen molar-refractivity contribution in [3.05, 3.63) is 0 Å². The highest BCUT2D eigenvalue weighted by Crippen LogP contribution is 2.31. The molecule has 7 rings (SSSR count). The minimum atomic E-state index is 0.367. The first-order chi connectivity index (χ1) is 37.5. The molecule has 7 fully saturated rings. The Morgan fingerprint density at radius 1 is 0.312 bits per heavy atom. The molecule has 80 heavy (non-hydrogen) atoms. The first kappa shape index (κ1) is 77.5. The number of hydrogen-bond acceptors (Lipinski definition) is 7. The van der Waals surface area contributed by atoms with Crippen LogP contribution in [0, 0.1) is 5.92 Å². The average Bonchev–Trinajstić information content (AvgIpc) is 3.35. The molecule has 0 aromatic heterocycles. The van der Waals surface area contributed by atoms with Crippen LogP contribution >= 0.6 is 0 Å². The van der Waals surface area contributed by atoms with Crippen LogP contribution in [0.4, 0.5) is 0 Å². The van der Waals surface area contributed by atoms with Gasteiger partial charge in [-0.05, 0) is 171 Å². The minimum absolute atomic E-state index is 0.367. The van der Waals surface area contributed by atoms with Crippen molar-refractivity contribution in [1.29, 1.82) is 0 Å². The van der Waals surface area contributed by atoms with Crippen molar-refractivity contribution >= 4 is 0 Å². The molecule has 0 N–H and O–H groups in total. The largest absolute Gasteiger partial charge is 0.299 e. The number of quaternary nitrogens is 7. The molecular formula is C66H153N14+7. The third-order valence-electron chi connectivity index (χ3n) is 21.8. The smallest absolute Gasteiger partial charge is 0.140 e. The molecule has 7 heterocycles. The van der Waals surface area contributed by atoms with Crippen molar-refractivity contribution in [3.8, 4) is 0 Å². The third kappa shape index (κ3) is 22.3. The average molecular weight is 1140 g/mol. The lowest BCUT2D eigenvalue weighted by atomic mass is 9.98. The van der Waals surface area contributed by atoms with Gasteiger partial charge in [0.05, 0.1) is 91.6 Å². The first-order valence-corrected chi connectivity index (χ1v) is 34.6. The van der Waals surface area contributed by atoms with Gasteiger partial charge in [0.25, 0.3) is 0 Å². The van der Waals surface area contributed by atoms with Crippen LogP contribution in [-0.4, -0.2) is 294 Å². The summed E-state index contributed by atoms with van der Waals surface area (Å²) < 4.78 is 9.15. The molecule has 0 aliphatic carbocycles. The number of hydrogen-bond donors (Lipinski definition) is 0. The van der Waals surface area contributed by atoms with Crippen molar-refractivity contribution < 1.29 is 31.4 Å². The summed E-state index contributed by atoms with van der Waals surface area (Å²) in [6, 6.07) is 0.736. The van der Waals surface area contributed by atoms with E-state index in [0.29, 0.717) is 11.1 Å². The highest BCUT2D eigenvalue weighted by molar-refractivity contribution is 4.80. The van der Waals surface area contributed by atoms with Crippen molar-refractivity contribution in [1.82, 2.24) is 34.3 Å². The van der Waals surface area contributed by atoms with Gasteiger partial charge in [-0.3, -0.25) is 31.4 Å². The summed E-state index contributed by atoms with van der Waals surface area (Å²) in [5.41, 5.74) is 0.776.